The van der Waals surface area contributed by atoms with E-state index in [1.807, 2.05) is 40.7 Å². The Morgan fingerprint density at radius 1 is 1.24 bits per heavy atom. The first-order valence-electron chi connectivity index (χ1n) is 12.4. The Hall–Kier alpha value is -3.66. The minimum Gasteiger partial charge on any atom is -0.476 e. The maximum absolute atomic E-state index is 13.5. The highest BCUT2D eigenvalue weighted by Gasteiger charge is 2.33. The maximum Gasteiger partial charge on any atom is 0.410 e. The van der Waals surface area contributed by atoms with Gasteiger partial charge in [-0.05, 0) is 64.8 Å². The Balaban J connectivity index is 1.73. The zero-order chi connectivity index (χ0) is 27.9. The van der Waals surface area contributed by atoms with E-state index in [9.17, 15) is 19.5 Å². The molecule has 1 aromatic carbocycles. The number of likely N-dealkylation sites (tertiary alicyclic amines) is 1. The van der Waals surface area contributed by atoms with E-state index in [1.54, 1.807) is 28.6 Å². The van der Waals surface area contributed by atoms with Crippen molar-refractivity contribution in [2.45, 2.75) is 58.6 Å². The van der Waals surface area contributed by atoms with Crippen LogP contribution in [-0.2, 0) is 11.8 Å². The zero-order valence-corrected chi connectivity index (χ0v) is 23.1. The van der Waals surface area contributed by atoms with Crippen molar-refractivity contribution in [1.82, 2.24) is 19.4 Å². The van der Waals surface area contributed by atoms with Crippen LogP contribution in [0.4, 0.5) is 10.5 Å². The van der Waals surface area contributed by atoms with Gasteiger partial charge < -0.3 is 20.1 Å². The number of carbonyl (C=O) groups excluding carboxylic acids is 1. The monoisotopic (exact) mass is 541 g/mol. The fraction of sp³-hybridized carbons (Fsp3) is 0.444. The smallest absolute Gasteiger partial charge is 0.410 e. The molecule has 2 N–H and O–H groups in total. The minimum absolute atomic E-state index is 0.0772. The number of fused-ring (bicyclic) bond motifs is 1. The number of benzene rings is 1. The number of nitrogens with zero attached hydrogens (tertiary/aromatic N) is 4. The van der Waals surface area contributed by atoms with Gasteiger partial charge in [0.2, 0.25) is 0 Å². The third-order valence-corrected chi connectivity index (χ3v) is 6.71. The molecule has 1 saturated heterocycles. The summed E-state index contributed by atoms with van der Waals surface area (Å²) >= 11 is 5.90. The van der Waals surface area contributed by atoms with Crippen molar-refractivity contribution in [2.75, 3.05) is 18.4 Å². The third-order valence-electron chi connectivity index (χ3n) is 6.50. The second-order valence-electron chi connectivity index (χ2n) is 10.7. The highest BCUT2D eigenvalue weighted by atomic mass is 35.5. The molecule has 202 valence electrons. The van der Waals surface area contributed by atoms with Gasteiger partial charge in [0.15, 0.2) is 5.69 Å². The number of rotatable bonds is 5. The van der Waals surface area contributed by atoms with E-state index >= 15 is 0 Å². The number of anilines is 1. The van der Waals surface area contributed by atoms with Gasteiger partial charge in [-0.3, -0.25) is 9.36 Å². The number of hydrogen-bond acceptors (Lipinski definition) is 7. The number of pyridine rings is 1. The summed E-state index contributed by atoms with van der Waals surface area (Å²) in [6, 6.07) is 6.41. The minimum atomic E-state index is -1.21. The number of aromatic carboxylic acids is 1. The van der Waals surface area contributed by atoms with Crippen molar-refractivity contribution < 1.29 is 19.4 Å². The van der Waals surface area contributed by atoms with Crippen molar-refractivity contribution in [2.24, 2.45) is 7.05 Å². The molecule has 10 nitrogen and oxygen atoms in total. The topological polar surface area (TPSA) is 127 Å². The molecule has 1 amide bonds. The zero-order valence-electron chi connectivity index (χ0n) is 22.3. The molecule has 38 heavy (non-hydrogen) atoms. The molecule has 1 aliphatic heterocycles. The van der Waals surface area contributed by atoms with Crippen LogP contribution < -0.4 is 10.9 Å². The molecule has 2 atom stereocenters. The largest absolute Gasteiger partial charge is 0.476 e. The summed E-state index contributed by atoms with van der Waals surface area (Å²) in [4.78, 5) is 48.3. The first kappa shape index (κ1) is 27.4. The van der Waals surface area contributed by atoms with Gasteiger partial charge in [-0.15, -0.1) is 0 Å². The number of aryl methyl sites for hydroxylation is 1. The summed E-state index contributed by atoms with van der Waals surface area (Å²) in [5, 5.41) is 13.3. The van der Waals surface area contributed by atoms with E-state index in [1.165, 1.54) is 6.07 Å². The Morgan fingerprint density at radius 3 is 2.61 bits per heavy atom. The van der Waals surface area contributed by atoms with E-state index in [-0.39, 0.29) is 28.4 Å². The Kier molecular flexibility index (Phi) is 7.38. The molecule has 3 aromatic rings. The van der Waals surface area contributed by atoms with E-state index in [0.29, 0.717) is 41.9 Å². The van der Waals surface area contributed by atoms with E-state index in [2.05, 4.69) is 10.3 Å². The van der Waals surface area contributed by atoms with Gasteiger partial charge in [-0.2, -0.15) is 0 Å². The summed E-state index contributed by atoms with van der Waals surface area (Å²) in [7, 11) is 1.70. The van der Waals surface area contributed by atoms with Crippen molar-refractivity contribution in [1.29, 1.82) is 0 Å². The predicted molar refractivity (Wildman–Crippen MR) is 145 cm³/mol. The molecule has 4 rings (SSSR count). The highest BCUT2D eigenvalue weighted by Crippen LogP contribution is 2.31. The average molecular weight is 542 g/mol. The number of halogens is 1. The number of carboxylic acid groups (broad SMARTS) is 1. The van der Waals surface area contributed by atoms with Crippen molar-refractivity contribution in [3.05, 3.63) is 62.4 Å². The molecule has 0 aliphatic carbocycles. The molecule has 0 radical (unpaired) electrons. The maximum atomic E-state index is 13.5. The normalized spacial score (nSPS) is 16.5. The van der Waals surface area contributed by atoms with Crippen molar-refractivity contribution >= 4 is 40.3 Å². The lowest BCUT2D eigenvalue weighted by Gasteiger charge is -2.24. The lowest BCUT2D eigenvalue weighted by molar-refractivity contribution is 0.0292. The van der Waals surface area contributed by atoms with Crippen LogP contribution in [0, 0.1) is 6.92 Å². The summed E-state index contributed by atoms with van der Waals surface area (Å²) < 4.78 is 7.07. The Morgan fingerprint density at radius 2 is 1.95 bits per heavy atom. The number of amides is 1. The lowest BCUT2D eigenvalue weighted by Crippen LogP contribution is -2.35. The highest BCUT2D eigenvalue weighted by molar-refractivity contribution is 6.29. The molecule has 1 aliphatic rings. The van der Waals surface area contributed by atoms with Crippen LogP contribution in [0.1, 0.15) is 73.5 Å². The predicted octanol–water partition coefficient (Wildman–Crippen LogP) is 4.89. The average Bonchev–Trinajstić information content (AvgIpc) is 3.31. The van der Waals surface area contributed by atoms with Gasteiger partial charge >= 0.3 is 12.1 Å². The number of nitrogens with one attached hydrogen (secondary N) is 1. The Labute approximate surface area is 225 Å². The standard InChI is InChI=1S/C27H32ClN5O5/c1-14-11-17(15(2)29-19-7-8-20(28)30-22(19)25(35)36)21-18(12-14)24(34)32(6)23(31-21)16-9-10-33(13-16)26(37)38-27(3,4)5/h7-8,11-12,15-16,29H,9-10,13H2,1-6H3,(H,35,36)/t15-,16-/m1/s1. The summed E-state index contributed by atoms with van der Waals surface area (Å²) in [5.41, 5.74) is 1.47. The fourth-order valence-electron chi connectivity index (χ4n) is 4.75. The van der Waals surface area contributed by atoms with Crippen LogP contribution >= 0.6 is 11.6 Å². The van der Waals surface area contributed by atoms with Crippen LogP contribution in [0.5, 0.6) is 0 Å². The van der Waals surface area contributed by atoms with Gasteiger partial charge in [-0.25, -0.2) is 19.6 Å². The van der Waals surface area contributed by atoms with Gasteiger partial charge in [0, 0.05) is 31.6 Å². The van der Waals surface area contributed by atoms with Gasteiger partial charge in [0.05, 0.1) is 22.6 Å². The molecule has 0 spiro atoms. The van der Waals surface area contributed by atoms with Crippen LogP contribution in [-0.4, -0.2) is 55.3 Å². The number of hydrogen-bond donors (Lipinski definition) is 2. The molecular formula is C27H32ClN5O5. The second kappa shape index (κ2) is 10.2. The summed E-state index contributed by atoms with van der Waals surface area (Å²) in [6.45, 7) is 10.1. The molecule has 2 aromatic heterocycles. The molecule has 0 saturated carbocycles. The molecule has 11 heteroatoms. The first-order valence-corrected chi connectivity index (χ1v) is 12.8. The van der Waals surface area contributed by atoms with Crippen LogP contribution in [0.3, 0.4) is 0 Å². The molecule has 3 heterocycles. The molecule has 0 bridgehead atoms. The third kappa shape index (κ3) is 5.60. The number of aromatic nitrogens is 3. The van der Waals surface area contributed by atoms with E-state index < -0.39 is 17.6 Å². The van der Waals surface area contributed by atoms with E-state index in [0.717, 1.165) is 11.1 Å². The van der Waals surface area contributed by atoms with E-state index in [4.69, 9.17) is 21.3 Å². The fourth-order valence-corrected chi connectivity index (χ4v) is 4.90. The van der Waals surface area contributed by atoms with Gasteiger partial charge in [0.1, 0.15) is 16.6 Å². The first-order chi connectivity index (χ1) is 17.7. The molecular weight excluding hydrogens is 510 g/mol. The summed E-state index contributed by atoms with van der Waals surface area (Å²) in [6.07, 6.45) is 0.268. The molecule has 0 unspecified atom stereocenters. The number of carbonyl (C=O) groups is 2. The second-order valence-corrected chi connectivity index (χ2v) is 11.1. The van der Waals surface area contributed by atoms with Crippen LogP contribution in [0.2, 0.25) is 5.15 Å². The van der Waals surface area contributed by atoms with Crippen molar-refractivity contribution in [3.63, 3.8) is 0 Å². The SMILES string of the molecule is Cc1cc([C@@H](C)Nc2ccc(Cl)nc2C(=O)O)c2nc([C@@H]3CCN(C(=O)OC(C)(C)C)C3)n(C)c(=O)c2c1. The van der Waals surface area contributed by atoms with Crippen molar-refractivity contribution in [3.8, 4) is 0 Å². The van der Waals surface area contributed by atoms with Gasteiger partial charge in [0.25, 0.3) is 5.56 Å². The number of carboxylic acids is 1. The van der Waals surface area contributed by atoms with Crippen LogP contribution in [0.15, 0.2) is 29.1 Å². The Bertz CT molecular complexity index is 1480. The quantitative estimate of drug-likeness (QED) is 0.437. The summed E-state index contributed by atoms with van der Waals surface area (Å²) in [5.74, 6) is -0.757. The molecule has 1 fully saturated rings. The van der Waals surface area contributed by atoms with Crippen LogP contribution in [0.25, 0.3) is 10.9 Å². The lowest BCUT2D eigenvalue weighted by atomic mass is 10.00. The number of ether oxygens (including phenoxy) is 1. The van der Waals surface area contributed by atoms with Gasteiger partial charge in [-0.1, -0.05) is 17.7 Å².